The lowest BCUT2D eigenvalue weighted by molar-refractivity contribution is 0.0607. The Labute approximate surface area is 167 Å². The van der Waals surface area contributed by atoms with Crippen molar-refractivity contribution in [2.45, 2.75) is 19.0 Å². The lowest BCUT2D eigenvalue weighted by Gasteiger charge is -2.37. The van der Waals surface area contributed by atoms with Gasteiger partial charge < -0.3 is 19.5 Å². The highest BCUT2D eigenvalue weighted by molar-refractivity contribution is 7.12. The molecular weight excluding hydrogens is 374 g/mol. The number of carbonyl (C=O) groups is 2. The number of fused-ring (bicyclic) bond motifs is 1. The summed E-state index contributed by atoms with van der Waals surface area (Å²) in [6.45, 7) is 1.34. The third-order valence-electron chi connectivity index (χ3n) is 4.97. The zero-order chi connectivity index (χ0) is 19.5. The number of rotatable bonds is 4. The lowest BCUT2D eigenvalue weighted by Crippen LogP contribution is -2.45. The van der Waals surface area contributed by atoms with Crippen LogP contribution in [0.5, 0.6) is 0 Å². The molecule has 3 heterocycles. The molecule has 0 spiro atoms. The number of nitrogens with one attached hydrogen (secondary N) is 1. The van der Waals surface area contributed by atoms with Gasteiger partial charge in [-0.3, -0.25) is 0 Å². The maximum atomic E-state index is 13.1. The topological polar surface area (TPSA) is 63.6 Å². The largest absolute Gasteiger partial charge is 0.465 e. The van der Waals surface area contributed by atoms with E-state index in [1.165, 1.54) is 24.0 Å². The Morgan fingerprint density at radius 2 is 1.96 bits per heavy atom. The highest BCUT2D eigenvalue weighted by Gasteiger charge is 2.31. The maximum Gasteiger partial charge on any atom is 0.350 e. The zero-order valence-electron chi connectivity index (χ0n) is 15.5. The lowest BCUT2D eigenvalue weighted by atomic mass is 10.0. The number of hydrogen-bond donors (Lipinski definition) is 1. The Kier molecular flexibility index (Phi) is 5.16. The molecular formula is C21H21N3O3S. The molecule has 2 amide bonds. The summed E-state index contributed by atoms with van der Waals surface area (Å²) in [5.74, 6) is -0.446. The first kappa shape index (κ1) is 18.3. The van der Waals surface area contributed by atoms with Crippen LogP contribution < -0.4 is 5.32 Å². The van der Waals surface area contributed by atoms with Gasteiger partial charge in [0.15, 0.2) is 0 Å². The molecule has 0 aliphatic carbocycles. The van der Waals surface area contributed by atoms with E-state index >= 15 is 0 Å². The number of amides is 2. The van der Waals surface area contributed by atoms with Crippen molar-refractivity contribution in [2.75, 3.05) is 19.0 Å². The zero-order valence-corrected chi connectivity index (χ0v) is 16.3. The van der Waals surface area contributed by atoms with Crippen LogP contribution in [0.1, 0.15) is 27.0 Å². The van der Waals surface area contributed by atoms with Crippen LogP contribution in [-0.2, 0) is 17.7 Å². The number of esters is 1. The van der Waals surface area contributed by atoms with Gasteiger partial charge in [-0.1, -0.05) is 30.3 Å². The van der Waals surface area contributed by atoms with Gasteiger partial charge in [0, 0.05) is 25.0 Å². The van der Waals surface area contributed by atoms with E-state index in [2.05, 4.69) is 34.3 Å². The van der Waals surface area contributed by atoms with Crippen molar-refractivity contribution in [1.82, 2.24) is 9.47 Å². The minimum Gasteiger partial charge on any atom is -0.465 e. The van der Waals surface area contributed by atoms with Crippen molar-refractivity contribution in [3.05, 3.63) is 76.2 Å². The van der Waals surface area contributed by atoms with Crippen LogP contribution in [-0.4, -0.2) is 35.1 Å². The number of urea groups is 1. The minimum atomic E-state index is -0.446. The van der Waals surface area contributed by atoms with Crippen molar-refractivity contribution in [3.63, 3.8) is 0 Å². The molecule has 1 aliphatic heterocycles. The molecule has 1 aliphatic rings. The van der Waals surface area contributed by atoms with Crippen LogP contribution in [0.15, 0.2) is 60.1 Å². The molecule has 0 saturated carbocycles. The molecule has 2 aromatic heterocycles. The van der Waals surface area contributed by atoms with E-state index in [9.17, 15) is 9.59 Å². The first-order valence-electron chi connectivity index (χ1n) is 9.10. The van der Waals surface area contributed by atoms with Crippen LogP contribution in [0.25, 0.3) is 0 Å². The molecule has 28 heavy (non-hydrogen) atoms. The summed E-state index contributed by atoms with van der Waals surface area (Å²) in [5, 5.41) is 4.67. The van der Waals surface area contributed by atoms with Crippen molar-refractivity contribution in [3.8, 4) is 0 Å². The van der Waals surface area contributed by atoms with Gasteiger partial charge in [-0.25, -0.2) is 9.59 Å². The Morgan fingerprint density at radius 3 is 2.75 bits per heavy atom. The number of methoxy groups -OCH3 is 1. The number of benzene rings is 1. The van der Waals surface area contributed by atoms with E-state index in [-0.39, 0.29) is 12.1 Å². The van der Waals surface area contributed by atoms with Gasteiger partial charge in [-0.05, 0) is 35.6 Å². The van der Waals surface area contributed by atoms with E-state index in [1.807, 2.05) is 29.2 Å². The fourth-order valence-electron chi connectivity index (χ4n) is 3.61. The summed E-state index contributed by atoms with van der Waals surface area (Å²) in [7, 11) is 1.34. The molecule has 144 valence electrons. The van der Waals surface area contributed by atoms with Crippen molar-refractivity contribution < 1.29 is 14.3 Å². The number of aromatic nitrogens is 1. The van der Waals surface area contributed by atoms with E-state index in [0.717, 1.165) is 18.7 Å². The summed E-state index contributed by atoms with van der Waals surface area (Å²) in [6, 6.07) is 15.7. The fraction of sp³-hybridized carbons (Fsp3) is 0.238. The van der Waals surface area contributed by atoms with Gasteiger partial charge in [-0.2, -0.15) is 0 Å². The number of anilines is 1. The third kappa shape index (κ3) is 3.53. The first-order valence-corrected chi connectivity index (χ1v) is 9.97. The minimum absolute atomic E-state index is 0.0774. The molecule has 0 bridgehead atoms. The smallest absolute Gasteiger partial charge is 0.350 e. The average Bonchev–Trinajstić information content (AvgIpc) is 3.38. The van der Waals surface area contributed by atoms with Crippen LogP contribution in [0.4, 0.5) is 10.5 Å². The predicted octanol–water partition coefficient (Wildman–Crippen LogP) is 4.17. The highest BCUT2D eigenvalue weighted by Crippen LogP contribution is 2.31. The van der Waals surface area contributed by atoms with Crippen molar-refractivity contribution in [2.24, 2.45) is 0 Å². The number of hydrogen-bond acceptors (Lipinski definition) is 4. The molecule has 0 saturated heterocycles. The number of carbonyl (C=O) groups excluding carboxylic acids is 2. The number of ether oxygens (including phenoxy) is 1. The highest BCUT2D eigenvalue weighted by atomic mass is 32.1. The van der Waals surface area contributed by atoms with Gasteiger partial charge in [0.05, 0.1) is 18.8 Å². The second-order valence-electron chi connectivity index (χ2n) is 6.61. The second-order valence-corrected chi connectivity index (χ2v) is 7.53. The molecule has 4 rings (SSSR count). The maximum absolute atomic E-state index is 13.1. The van der Waals surface area contributed by atoms with Crippen LogP contribution in [0.3, 0.4) is 0 Å². The molecule has 1 aromatic carbocycles. The third-order valence-corrected chi connectivity index (χ3v) is 5.87. The summed E-state index contributed by atoms with van der Waals surface area (Å²) < 4.78 is 7.00. The summed E-state index contributed by atoms with van der Waals surface area (Å²) in [5.41, 5.74) is 2.77. The SMILES string of the molecule is COC(=O)c1sccc1NC(=O)N1CCn2cccc2C1Cc1ccccc1. The Bertz CT molecular complexity index is 980. The van der Waals surface area contributed by atoms with E-state index in [4.69, 9.17) is 4.74 Å². The van der Waals surface area contributed by atoms with Crippen molar-refractivity contribution >= 4 is 29.0 Å². The number of thiophene rings is 1. The molecule has 0 radical (unpaired) electrons. The Hall–Kier alpha value is -3.06. The molecule has 1 atom stereocenters. The molecule has 3 aromatic rings. The summed E-state index contributed by atoms with van der Waals surface area (Å²) in [4.78, 5) is 27.3. The van der Waals surface area contributed by atoms with Crippen LogP contribution in [0.2, 0.25) is 0 Å². The first-order chi connectivity index (χ1) is 13.7. The molecule has 7 heteroatoms. The van der Waals surface area contributed by atoms with E-state index in [0.29, 0.717) is 17.1 Å². The second kappa shape index (κ2) is 7.90. The summed E-state index contributed by atoms with van der Waals surface area (Å²) >= 11 is 1.25. The monoisotopic (exact) mass is 395 g/mol. The molecule has 6 nitrogen and oxygen atoms in total. The van der Waals surface area contributed by atoms with Gasteiger partial charge >= 0.3 is 12.0 Å². The fourth-order valence-corrected chi connectivity index (χ4v) is 4.37. The molecule has 1 unspecified atom stereocenters. The molecule has 1 N–H and O–H groups in total. The van der Waals surface area contributed by atoms with Gasteiger partial charge in [0.25, 0.3) is 0 Å². The van der Waals surface area contributed by atoms with E-state index in [1.54, 1.807) is 11.4 Å². The average molecular weight is 395 g/mol. The van der Waals surface area contributed by atoms with Gasteiger partial charge in [-0.15, -0.1) is 11.3 Å². The normalized spacial score (nSPS) is 15.8. The summed E-state index contributed by atoms with van der Waals surface area (Å²) in [6.07, 6.45) is 2.78. The standard InChI is InChI=1S/C21H21N3O3S/c1-27-20(25)19-16(9-13-28-19)22-21(26)24-12-11-23-10-5-8-17(23)18(24)14-15-6-3-2-4-7-15/h2-10,13,18H,11-12,14H2,1H3,(H,22,26). The predicted molar refractivity (Wildman–Crippen MR) is 109 cm³/mol. The van der Waals surface area contributed by atoms with Gasteiger partial charge in [0.2, 0.25) is 0 Å². The van der Waals surface area contributed by atoms with E-state index < -0.39 is 5.97 Å². The Balaban J connectivity index is 1.59. The number of nitrogens with zero attached hydrogens (tertiary/aromatic N) is 2. The van der Waals surface area contributed by atoms with Crippen molar-refractivity contribution in [1.29, 1.82) is 0 Å². The van der Waals surface area contributed by atoms with Gasteiger partial charge in [0.1, 0.15) is 4.88 Å². The van der Waals surface area contributed by atoms with Crippen LogP contribution in [0, 0.1) is 0 Å². The molecule has 0 fully saturated rings. The van der Waals surface area contributed by atoms with Crippen LogP contribution >= 0.6 is 11.3 Å². The quantitative estimate of drug-likeness (QED) is 0.675. The Morgan fingerprint density at radius 1 is 1.14 bits per heavy atom.